The average molecular weight is 274 g/mol. The number of halogens is 1. The number of ether oxygens (including phenoxy) is 1. The van der Waals surface area contributed by atoms with Crippen molar-refractivity contribution in [3.63, 3.8) is 0 Å². The molecule has 0 spiro atoms. The van der Waals surface area contributed by atoms with Crippen molar-refractivity contribution < 1.29 is 46.0 Å². The van der Waals surface area contributed by atoms with Crippen LogP contribution in [-0.2, 0) is 29.0 Å². The Morgan fingerprint density at radius 1 is 1.55 bits per heavy atom. The molecular formula is C7H13BrO2Zn. The molecular weight excluding hydrogens is 261 g/mol. The van der Waals surface area contributed by atoms with Crippen molar-refractivity contribution >= 4 is 5.97 Å². The second kappa shape index (κ2) is 13.2. The van der Waals surface area contributed by atoms with Gasteiger partial charge in [-0.25, -0.2) is 0 Å². The summed E-state index contributed by atoms with van der Waals surface area (Å²) in [6.07, 6.45) is 2.15. The second-order valence-electron chi connectivity index (χ2n) is 1.76. The Kier molecular flexibility index (Phi) is 21.1. The van der Waals surface area contributed by atoms with Crippen LogP contribution in [0.15, 0.2) is 0 Å². The van der Waals surface area contributed by atoms with Crippen LogP contribution in [0.2, 0.25) is 0 Å². The fraction of sp³-hybridized carbons (Fsp3) is 0.714. The van der Waals surface area contributed by atoms with Gasteiger partial charge in [-0.1, -0.05) is 6.42 Å². The number of esters is 1. The summed E-state index contributed by atoms with van der Waals surface area (Å²) >= 11 is 0. The topological polar surface area (TPSA) is 26.3 Å². The van der Waals surface area contributed by atoms with Gasteiger partial charge in [0.15, 0.2) is 0 Å². The van der Waals surface area contributed by atoms with Gasteiger partial charge in [0.2, 0.25) is 0 Å². The largest absolute Gasteiger partial charge is 2.00 e. The van der Waals surface area contributed by atoms with Gasteiger partial charge in [-0.3, -0.25) is 4.79 Å². The van der Waals surface area contributed by atoms with Gasteiger partial charge in [-0.2, -0.15) is 6.42 Å². The minimum absolute atomic E-state index is 0. The molecule has 0 rings (SSSR count). The first kappa shape index (κ1) is 17.6. The van der Waals surface area contributed by atoms with E-state index in [0.29, 0.717) is 13.0 Å². The maximum atomic E-state index is 10.6. The van der Waals surface area contributed by atoms with E-state index in [1.165, 1.54) is 0 Å². The maximum Gasteiger partial charge on any atom is 2.00 e. The van der Waals surface area contributed by atoms with Gasteiger partial charge in [-0.15, -0.1) is 0 Å². The molecule has 62 valence electrons. The molecule has 0 bridgehead atoms. The molecule has 11 heavy (non-hydrogen) atoms. The van der Waals surface area contributed by atoms with Crippen LogP contribution >= 0.6 is 0 Å². The number of carbonyl (C=O) groups is 1. The summed E-state index contributed by atoms with van der Waals surface area (Å²) in [6.45, 7) is 5.90. The van der Waals surface area contributed by atoms with Crippen LogP contribution in [0, 0.1) is 6.92 Å². The summed E-state index contributed by atoms with van der Waals surface area (Å²) in [6, 6.07) is 0. The Labute approximate surface area is 91.6 Å². The maximum absolute atomic E-state index is 10.6. The van der Waals surface area contributed by atoms with Crippen LogP contribution in [0.25, 0.3) is 0 Å². The van der Waals surface area contributed by atoms with E-state index < -0.39 is 0 Å². The minimum Gasteiger partial charge on any atom is -1.00 e. The fourth-order valence-electron chi connectivity index (χ4n) is 0.502. The Hall–Kier alpha value is 0.573. The fourth-order valence-corrected chi connectivity index (χ4v) is 0.502. The molecule has 4 heteroatoms. The molecule has 0 unspecified atom stereocenters. The van der Waals surface area contributed by atoms with Gasteiger partial charge < -0.3 is 28.6 Å². The van der Waals surface area contributed by atoms with Crippen molar-refractivity contribution in [2.24, 2.45) is 0 Å². The third kappa shape index (κ3) is 13.5. The Balaban J connectivity index is -0.000000320. The summed E-state index contributed by atoms with van der Waals surface area (Å²) in [5.74, 6) is -0.110. The summed E-state index contributed by atoms with van der Waals surface area (Å²) in [5, 5.41) is 0. The standard InChI is InChI=1S/C7H13O2.BrH.Zn/c1-3-5-6-7(8)9-4-2;;/h1,3-6H2,2H3;1H;/q-1;;+2/p-1. The third-order valence-corrected chi connectivity index (χ3v) is 0.936. The van der Waals surface area contributed by atoms with E-state index >= 15 is 0 Å². The quantitative estimate of drug-likeness (QED) is 0.356. The molecule has 0 saturated carbocycles. The van der Waals surface area contributed by atoms with Gasteiger partial charge in [0.25, 0.3) is 0 Å². The number of carbonyl (C=O) groups excluding carboxylic acids is 1. The molecule has 0 aromatic heterocycles. The zero-order valence-electron chi connectivity index (χ0n) is 6.94. The van der Waals surface area contributed by atoms with Crippen LogP contribution in [0.1, 0.15) is 26.2 Å². The Morgan fingerprint density at radius 2 is 2.09 bits per heavy atom. The van der Waals surface area contributed by atoms with Crippen molar-refractivity contribution in [1.82, 2.24) is 0 Å². The predicted molar refractivity (Wildman–Crippen MR) is 35.8 cm³/mol. The molecule has 2 nitrogen and oxygen atoms in total. The number of hydrogen-bond donors (Lipinski definition) is 0. The van der Waals surface area contributed by atoms with Gasteiger partial charge in [0.1, 0.15) is 0 Å². The second-order valence-corrected chi connectivity index (χ2v) is 1.76. The zero-order valence-corrected chi connectivity index (χ0v) is 11.5. The Bertz CT molecular complexity index is 88.5. The molecule has 0 N–H and O–H groups in total. The van der Waals surface area contributed by atoms with Crippen LogP contribution in [-0.4, -0.2) is 12.6 Å². The summed E-state index contributed by atoms with van der Waals surface area (Å²) in [5.41, 5.74) is 0. The van der Waals surface area contributed by atoms with Crippen LogP contribution in [0.5, 0.6) is 0 Å². The van der Waals surface area contributed by atoms with E-state index in [-0.39, 0.29) is 42.4 Å². The third-order valence-electron chi connectivity index (χ3n) is 0.936. The first-order chi connectivity index (χ1) is 4.31. The molecule has 0 aromatic carbocycles. The molecule has 0 saturated heterocycles. The molecule has 0 amide bonds. The van der Waals surface area contributed by atoms with E-state index in [1.54, 1.807) is 0 Å². The van der Waals surface area contributed by atoms with E-state index in [4.69, 9.17) is 0 Å². The van der Waals surface area contributed by atoms with Crippen LogP contribution in [0.4, 0.5) is 0 Å². The van der Waals surface area contributed by atoms with Crippen molar-refractivity contribution in [2.75, 3.05) is 6.61 Å². The van der Waals surface area contributed by atoms with Crippen molar-refractivity contribution in [1.29, 1.82) is 0 Å². The van der Waals surface area contributed by atoms with E-state index in [0.717, 1.165) is 12.8 Å². The van der Waals surface area contributed by atoms with Crippen molar-refractivity contribution in [2.45, 2.75) is 26.2 Å². The summed E-state index contributed by atoms with van der Waals surface area (Å²) < 4.78 is 4.68. The zero-order chi connectivity index (χ0) is 7.11. The average Bonchev–Trinajstić information content (AvgIpc) is 1.85. The first-order valence-corrected chi connectivity index (χ1v) is 3.26. The SMILES string of the molecule is [Br-].[CH2-]CCCC(=O)OCC.[Zn+2]. The molecule has 0 atom stereocenters. The van der Waals surface area contributed by atoms with E-state index in [9.17, 15) is 4.79 Å². The number of rotatable bonds is 4. The minimum atomic E-state index is -0.110. The number of unbranched alkanes of at least 4 members (excludes halogenated alkanes) is 1. The molecule has 0 heterocycles. The summed E-state index contributed by atoms with van der Waals surface area (Å²) in [7, 11) is 0. The van der Waals surface area contributed by atoms with Crippen LogP contribution < -0.4 is 17.0 Å². The molecule has 0 fully saturated rings. The Morgan fingerprint density at radius 3 is 2.45 bits per heavy atom. The smallest absolute Gasteiger partial charge is 1.00 e. The van der Waals surface area contributed by atoms with Gasteiger partial charge in [0, 0.05) is 6.42 Å². The molecule has 0 aliphatic rings. The van der Waals surface area contributed by atoms with Gasteiger partial charge in [0.05, 0.1) is 6.61 Å². The van der Waals surface area contributed by atoms with Gasteiger partial charge >= 0.3 is 25.4 Å². The predicted octanol–water partition coefficient (Wildman–Crippen LogP) is -1.44. The molecule has 0 aliphatic carbocycles. The van der Waals surface area contributed by atoms with Crippen molar-refractivity contribution in [3.05, 3.63) is 6.92 Å². The van der Waals surface area contributed by atoms with Crippen molar-refractivity contribution in [3.8, 4) is 0 Å². The first-order valence-electron chi connectivity index (χ1n) is 3.26. The van der Waals surface area contributed by atoms with E-state index in [2.05, 4.69) is 11.7 Å². The molecule has 0 aliphatic heterocycles. The van der Waals surface area contributed by atoms with E-state index in [1.807, 2.05) is 6.92 Å². The summed E-state index contributed by atoms with van der Waals surface area (Å²) in [4.78, 5) is 10.6. The normalized spacial score (nSPS) is 7.45. The monoisotopic (exact) mass is 272 g/mol. The molecule has 0 aromatic rings. The number of hydrogen-bond acceptors (Lipinski definition) is 2. The van der Waals surface area contributed by atoms with Gasteiger partial charge in [-0.05, 0) is 6.92 Å². The van der Waals surface area contributed by atoms with Crippen LogP contribution in [0.3, 0.4) is 0 Å². The molecule has 0 radical (unpaired) electrons.